The van der Waals surface area contributed by atoms with E-state index in [0.29, 0.717) is 21.8 Å². The van der Waals surface area contributed by atoms with Crippen molar-refractivity contribution in [2.45, 2.75) is 25.2 Å². The molecule has 0 fully saturated rings. The van der Waals surface area contributed by atoms with Crippen molar-refractivity contribution in [1.82, 2.24) is 0 Å². The summed E-state index contributed by atoms with van der Waals surface area (Å²) < 4.78 is 5.11. The number of aliphatic hydroxyl groups is 1. The summed E-state index contributed by atoms with van der Waals surface area (Å²) in [5, 5.41) is 11.0. The second-order valence-electron chi connectivity index (χ2n) is 3.79. The second-order valence-corrected chi connectivity index (χ2v) is 5.81. The second kappa shape index (κ2) is 6.38. The van der Waals surface area contributed by atoms with Crippen LogP contribution in [0.4, 0.5) is 0 Å². The highest BCUT2D eigenvalue weighted by molar-refractivity contribution is 7.99. The third kappa shape index (κ3) is 3.89. The Balaban J connectivity index is 2.72. The third-order valence-electron chi connectivity index (χ3n) is 2.15. The molecule has 1 unspecified atom stereocenters. The molecule has 1 rings (SSSR count). The molecular weight excluding hydrogens is 244 g/mol. The first-order valence-electron chi connectivity index (χ1n) is 5.17. The number of hydrogen-bond acceptors (Lipinski definition) is 3. The molecule has 1 atom stereocenters. The monoisotopic (exact) mass is 260 g/mol. The predicted octanol–water partition coefficient (Wildman–Crippen LogP) is 3.52. The van der Waals surface area contributed by atoms with Crippen molar-refractivity contribution < 1.29 is 9.84 Å². The standard InChI is InChI=1S/C12H17ClO2S/c1-8(2)16-7-11(14)9-4-5-10(13)12(6-9)15-3/h4-6,8,11,14H,7H2,1-3H3. The molecule has 0 aliphatic heterocycles. The van der Waals surface area contributed by atoms with Gasteiger partial charge in [0, 0.05) is 5.75 Å². The average molecular weight is 261 g/mol. The Hall–Kier alpha value is -0.380. The van der Waals surface area contributed by atoms with E-state index in [0.717, 1.165) is 5.56 Å². The fraction of sp³-hybridized carbons (Fsp3) is 0.500. The van der Waals surface area contributed by atoms with Crippen LogP contribution >= 0.6 is 23.4 Å². The smallest absolute Gasteiger partial charge is 0.137 e. The molecule has 0 aliphatic rings. The molecule has 0 aromatic heterocycles. The number of aliphatic hydroxyl groups excluding tert-OH is 1. The summed E-state index contributed by atoms with van der Waals surface area (Å²) in [5.74, 6) is 1.29. The molecule has 1 aromatic carbocycles. The lowest BCUT2D eigenvalue weighted by atomic mass is 10.1. The molecule has 0 amide bonds. The highest BCUT2D eigenvalue weighted by Crippen LogP contribution is 2.29. The summed E-state index contributed by atoms with van der Waals surface area (Å²) in [4.78, 5) is 0. The van der Waals surface area contributed by atoms with Crippen molar-refractivity contribution in [3.63, 3.8) is 0 Å². The zero-order valence-electron chi connectivity index (χ0n) is 9.74. The van der Waals surface area contributed by atoms with E-state index in [-0.39, 0.29) is 0 Å². The molecule has 0 aliphatic carbocycles. The van der Waals surface area contributed by atoms with Crippen molar-refractivity contribution >= 4 is 23.4 Å². The molecule has 90 valence electrons. The molecule has 2 nitrogen and oxygen atoms in total. The summed E-state index contributed by atoms with van der Waals surface area (Å²) in [5.41, 5.74) is 0.842. The van der Waals surface area contributed by atoms with E-state index < -0.39 is 6.10 Å². The molecule has 0 saturated carbocycles. The number of ether oxygens (including phenoxy) is 1. The van der Waals surface area contributed by atoms with Crippen LogP contribution in [0.25, 0.3) is 0 Å². The van der Waals surface area contributed by atoms with E-state index in [2.05, 4.69) is 13.8 Å². The quantitative estimate of drug-likeness (QED) is 0.878. The molecule has 4 heteroatoms. The zero-order chi connectivity index (χ0) is 12.1. The molecule has 0 spiro atoms. The van der Waals surface area contributed by atoms with Crippen LogP contribution < -0.4 is 4.74 Å². The Labute approximate surface area is 106 Å². The normalized spacial score (nSPS) is 12.9. The van der Waals surface area contributed by atoms with Crippen molar-refractivity contribution in [2.75, 3.05) is 12.9 Å². The Morgan fingerprint density at radius 1 is 1.44 bits per heavy atom. The van der Waals surface area contributed by atoms with Gasteiger partial charge in [-0.15, -0.1) is 0 Å². The minimum atomic E-state index is -0.474. The van der Waals surface area contributed by atoms with Gasteiger partial charge >= 0.3 is 0 Å². The largest absolute Gasteiger partial charge is 0.495 e. The maximum Gasteiger partial charge on any atom is 0.137 e. The van der Waals surface area contributed by atoms with Gasteiger partial charge in [0.05, 0.1) is 18.2 Å². The molecule has 16 heavy (non-hydrogen) atoms. The SMILES string of the molecule is COc1cc(C(O)CSC(C)C)ccc1Cl. The van der Waals surface area contributed by atoms with E-state index in [1.54, 1.807) is 31.0 Å². The van der Waals surface area contributed by atoms with Gasteiger partial charge in [0.15, 0.2) is 0 Å². The lowest BCUT2D eigenvalue weighted by Gasteiger charge is -2.13. The fourth-order valence-corrected chi connectivity index (χ4v) is 2.22. The van der Waals surface area contributed by atoms with Gasteiger partial charge in [0.2, 0.25) is 0 Å². The first-order chi connectivity index (χ1) is 7.54. The van der Waals surface area contributed by atoms with Crippen LogP contribution in [0.1, 0.15) is 25.5 Å². The zero-order valence-corrected chi connectivity index (χ0v) is 11.3. The van der Waals surface area contributed by atoms with Crippen LogP contribution in [0.2, 0.25) is 5.02 Å². The maximum atomic E-state index is 9.96. The molecule has 1 N–H and O–H groups in total. The summed E-state index contributed by atoms with van der Waals surface area (Å²) in [6.07, 6.45) is -0.474. The highest BCUT2D eigenvalue weighted by atomic mass is 35.5. The van der Waals surface area contributed by atoms with E-state index in [9.17, 15) is 5.11 Å². The topological polar surface area (TPSA) is 29.5 Å². The molecule has 0 bridgehead atoms. The van der Waals surface area contributed by atoms with Crippen LogP contribution in [0.5, 0.6) is 5.75 Å². The van der Waals surface area contributed by atoms with Gasteiger partial charge < -0.3 is 9.84 Å². The Morgan fingerprint density at radius 2 is 2.12 bits per heavy atom. The Bertz CT molecular complexity index is 342. The minimum absolute atomic E-state index is 0.474. The van der Waals surface area contributed by atoms with Crippen molar-refractivity contribution in [2.24, 2.45) is 0 Å². The molecular formula is C12H17ClO2S. The number of thioether (sulfide) groups is 1. The Kier molecular flexibility index (Phi) is 5.46. The van der Waals surface area contributed by atoms with Gasteiger partial charge in [-0.3, -0.25) is 0 Å². The van der Waals surface area contributed by atoms with E-state index in [1.807, 2.05) is 6.07 Å². The van der Waals surface area contributed by atoms with Crippen LogP contribution in [-0.2, 0) is 0 Å². The van der Waals surface area contributed by atoms with Gasteiger partial charge in [-0.05, 0) is 22.9 Å². The number of benzene rings is 1. The lowest BCUT2D eigenvalue weighted by Crippen LogP contribution is -2.03. The molecule has 0 heterocycles. The van der Waals surface area contributed by atoms with Crippen LogP contribution in [0.3, 0.4) is 0 Å². The lowest BCUT2D eigenvalue weighted by molar-refractivity contribution is 0.203. The number of rotatable bonds is 5. The Morgan fingerprint density at radius 3 is 2.69 bits per heavy atom. The first-order valence-corrected chi connectivity index (χ1v) is 6.60. The van der Waals surface area contributed by atoms with Crippen molar-refractivity contribution in [3.05, 3.63) is 28.8 Å². The maximum absolute atomic E-state index is 9.96. The third-order valence-corrected chi connectivity index (χ3v) is 3.63. The van der Waals surface area contributed by atoms with Crippen LogP contribution in [0.15, 0.2) is 18.2 Å². The summed E-state index contributed by atoms with van der Waals surface area (Å²) in [6.45, 7) is 4.22. The molecule has 0 saturated heterocycles. The van der Waals surface area contributed by atoms with E-state index >= 15 is 0 Å². The summed E-state index contributed by atoms with van der Waals surface area (Å²) in [6, 6.07) is 5.36. The summed E-state index contributed by atoms with van der Waals surface area (Å²) >= 11 is 7.64. The number of hydrogen-bond donors (Lipinski definition) is 1. The van der Waals surface area contributed by atoms with Gasteiger partial charge in [0.25, 0.3) is 0 Å². The van der Waals surface area contributed by atoms with E-state index in [4.69, 9.17) is 16.3 Å². The van der Waals surface area contributed by atoms with Crippen LogP contribution in [-0.4, -0.2) is 23.2 Å². The van der Waals surface area contributed by atoms with Crippen molar-refractivity contribution in [3.8, 4) is 5.75 Å². The number of methoxy groups -OCH3 is 1. The van der Waals surface area contributed by atoms with Gasteiger partial charge in [-0.25, -0.2) is 0 Å². The molecule has 1 aromatic rings. The first kappa shape index (κ1) is 13.7. The van der Waals surface area contributed by atoms with Crippen molar-refractivity contribution in [1.29, 1.82) is 0 Å². The molecule has 0 radical (unpaired) electrons. The number of halogens is 1. The van der Waals surface area contributed by atoms with Gasteiger partial charge in [0.1, 0.15) is 5.75 Å². The fourth-order valence-electron chi connectivity index (χ4n) is 1.26. The van der Waals surface area contributed by atoms with Gasteiger partial charge in [-0.1, -0.05) is 31.5 Å². The minimum Gasteiger partial charge on any atom is -0.495 e. The average Bonchev–Trinajstić information content (AvgIpc) is 2.26. The predicted molar refractivity (Wildman–Crippen MR) is 70.6 cm³/mol. The van der Waals surface area contributed by atoms with Crippen LogP contribution in [0, 0.1) is 0 Å². The van der Waals surface area contributed by atoms with Gasteiger partial charge in [-0.2, -0.15) is 11.8 Å². The summed E-state index contributed by atoms with van der Waals surface area (Å²) in [7, 11) is 1.57. The highest BCUT2D eigenvalue weighted by Gasteiger charge is 2.11. The van der Waals surface area contributed by atoms with E-state index in [1.165, 1.54) is 0 Å².